The molecule has 1 aliphatic heterocycles. The molecule has 0 spiro atoms. The van der Waals surface area contributed by atoms with Crippen LogP contribution < -0.4 is 5.32 Å². The largest absolute Gasteiger partial charge is 0.450 e. The number of amides is 1. The van der Waals surface area contributed by atoms with Crippen molar-refractivity contribution < 1.29 is 9.53 Å². The van der Waals surface area contributed by atoms with Gasteiger partial charge in [0.25, 0.3) is 0 Å². The Kier molecular flexibility index (Phi) is 4.33. The Morgan fingerprint density at radius 3 is 2.72 bits per heavy atom. The molecule has 18 heavy (non-hydrogen) atoms. The van der Waals surface area contributed by atoms with Crippen molar-refractivity contribution in [1.29, 1.82) is 0 Å². The van der Waals surface area contributed by atoms with Gasteiger partial charge in [-0.2, -0.15) is 0 Å². The lowest BCUT2D eigenvalue weighted by Crippen LogP contribution is -2.42. The van der Waals surface area contributed by atoms with Gasteiger partial charge in [-0.3, -0.25) is 0 Å². The molecule has 1 N–H and O–H groups in total. The maximum atomic E-state index is 11.5. The molecule has 2 heterocycles. The number of carbonyl (C=O) groups excluding carboxylic acids is 1. The van der Waals surface area contributed by atoms with Gasteiger partial charge in [-0.25, -0.2) is 14.8 Å². The summed E-state index contributed by atoms with van der Waals surface area (Å²) in [6, 6.07) is 0.363. The van der Waals surface area contributed by atoms with Crippen molar-refractivity contribution in [2.75, 3.05) is 25.0 Å². The zero-order valence-corrected chi connectivity index (χ0v) is 10.5. The number of hydrogen-bond donors (Lipinski definition) is 1. The van der Waals surface area contributed by atoms with Crippen LogP contribution in [0.15, 0.2) is 18.7 Å². The van der Waals surface area contributed by atoms with Crippen LogP contribution in [0.3, 0.4) is 0 Å². The molecule has 0 radical (unpaired) electrons. The minimum Gasteiger partial charge on any atom is -0.450 e. The lowest BCUT2D eigenvalue weighted by atomic mass is 10.1. The van der Waals surface area contributed by atoms with Crippen molar-refractivity contribution in [3.63, 3.8) is 0 Å². The first-order valence-electron chi connectivity index (χ1n) is 6.23. The molecule has 1 amide bonds. The Bertz CT molecular complexity index is 377. The van der Waals surface area contributed by atoms with E-state index in [1.54, 1.807) is 17.3 Å². The van der Waals surface area contributed by atoms with Crippen molar-refractivity contribution >= 4 is 11.8 Å². The Morgan fingerprint density at radius 2 is 2.11 bits per heavy atom. The quantitative estimate of drug-likeness (QED) is 0.880. The molecule has 1 saturated heterocycles. The van der Waals surface area contributed by atoms with Crippen LogP contribution in [0.4, 0.5) is 10.5 Å². The summed E-state index contributed by atoms with van der Waals surface area (Å²) in [7, 11) is 0. The van der Waals surface area contributed by atoms with Crippen molar-refractivity contribution in [2.45, 2.75) is 25.8 Å². The molecule has 98 valence electrons. The fourth-order valence-electron chi connectivity index (χ4n) is 2.03. The lowest BCUT2D eigenvalue weighted by molar-refractivity contribution is 0.0983. The first kappa shape index (κ1) is 12.6. The number of nitrogens with one attached hydrogen (secondary N) is 1. The molecule has 1 fully saturated rings. The monoisotopic (exact) mass is 250 g/mol. The molecule has 0 atom stereocenters. The number of aromatic nitrogens is 2. The molecule has 6 nitrogen and oxygen atoms in total. The Hall–Kier alpha value is -1.85. The maximum Gasteiger partial charge on any atom is 0.409 e. The number of piperidine rings is 1. The zero-order chi connectivity index (χ0) is 12.8. The van der Waals surface area contributed by atoms with Crippen LogP contribution in [0.1, 0.15) is 19.8 Å². The third-order valence-corrected chi connectivity index (χ3v) is 2.95. The molecule has 0 unspecified atom stereocenters. The summed E-state index contributed by atoms with van der Waals surface area (Å²) >= 11 is 0. The number of carbonyl (C=O) groups is 1. The molecule has 0 aliphatic carbocycles. The Labute approximate surface area is 106 Å². The number of rotatable bonds is 3. The van der Waals surface area contributed by atoms with Crippen LogP contribution in [-0.4, -0.2) is 46.7 Å². The highest BCUT2D eigenvalue weighted by Crippen LogP contribution is 2.15. The van der Waals surface area contributed by atoms with Gasteiger partial charge in [0.2, 0.25) is 0 Å². The van der Waals surface area contributed by atoms with Gasteiger partial charge in [0.15, 0.2) is 0 Å². The molecule has 1 aromatic heterocycles. The molecule has 1 aromatic rings. The molecule has 0 bridgehead atoms. The van der Waals surface area contributed by atoms with E-state index in [4.69, 9.17) is 4.74 Å². The van der Waals surface area contributed by atoms with E-state index in [1.165, 1.54) is 6.33 Å². The smallest absolute Gasteiger partial charge is 0.409 e. The van der Waals surface area contributed by atoms with Crippen LogP contribution >= 0.6 is 0 Å². The fraction of sp³-hybridized carbons (Fsp3) is 0.583. The maximum absolute atomic E-state index is 11.5. The van der Waals surface area contributed by atoms with Gasteiger partial charge < -0.3 is 15.0 Å². The Morgan fingerprint density at radius 1 is 1.44 bits per heavy atom. The molecule has 0 saturated carbocycles. The number of ether oxygens (including phenoxy) is 1. The third kappa shape index (κ3) is 3.32. The average molecular weight is 250 g/mol. The molecule has 2 rings (SSSR count). The zero-order valence-electron chi connectivity index (χ0n) is 10.5. The molecule has 1 aliphatic rings. The van der Waals surface area contributed by atoms with Gasteiger partial charge in [-0.15, -0.1) is 0 Å². The topological polar surface area (TPSA) is 67.3 Å². The van der Waals surface area contributed by atoms with Gasteiger partial charge in [0.1, 0.15) is 6.33 Å². The van der Waals surface area contributed by atoms with Crippen molar-refractivity contribution in [1.82, 2.24) is 14.9 Å². The van der Waals surface area contributed by atoms with E-state index in [-0.39, 0.29) is 6.09 Å². The summed E-state index contributed by atoms with van der Waals surface area (Å²) in [6.45, 7) is 3.70. The predicted molar refractivity (Wildman–Crippen MR) is 67.3 cm³/mol. The highest BCUT2D eigenvalue weighted by Gasteiger charge is 2.23. The summed E-state index contributed by atoms with van der Waals surface area (Å²) in [5, 5.41) is 3.37. The van der Waals surface area contributed by atoms with Gasteiger partial charge in [0, 0.05) is 19.1 Å². The van der Waals surface area contributed by atoms with Gasteiger partial charge in [0.05, 0.1) is 24.7 Å². The van der Waals surface area contributed by atoms with E-state index in [0.717, 1.165) is 31.6 Å². The van der Waals surface area contributed by atoms with E-state index in [0.29, 0.717) is 12.6 Å². The molecular weight excluding hydrogens is 232 g/mol. The van der Waals surface area contributed by atoms with E-state index in [1.807, 2.05) is 6.92 Å². The van der Waals surface area contributed by atoms with Gasteiger partial charge in [-0.1, -0.05) is 0 Å². The van der Waals surface area contributed by atoms with Crippen LogP contribution in [0.5, 0.6) is 0 Å². The highest BCUT2D eigenvalue weighted by molar-refractivity contribution is 5.67. The van der Waals surface area contributed by atoms with Gasteiger partial charge >= 0.3 is 6.09 Å². The molecule has 6 heteroatoms. The van der Waals surface area contributed by atoms with E-state index in [2.05, 4.69) is 15.3 Å². The van der Waals surface area contributed by atoms with Crippen molar-refractivity contribution in [3.05, 3.63) is 18.7 Å². The average Bonchev–Trinajstić information content (AvgIpc) is 2.41. The second kappa shape index (κ2) is 6.18. The van der Waals surface area contributed by atoms with E-state index < -0.39 is 0 Å². The fourth-order valence-corrected chi connectivity index (χ4v) is 2.03. The van der Waals surface area contributed by atoms with Crippen LogP contribution in [-0.2, 0) is 4.74 Å². The van der Waals surface area contributed by atoms with E-state index >= 15 is 0 Å². The summed E-state index contributed by atoms with van der Waals surface area (Å²) < 4.78 is 4.98. The summed E-state index contributed by atoms with van der Waals surface area (Å²) in [5.74, 6) is 0. The van der Waals surface area contributed by atoms with Gasteiger partial charge in [-0.05, 0) is 19.8 Å². The van der Waals surface area contributed by atoms with Crippen LogP contribution in [0, 0.1) is 0 Å². The normalized spacial score (nSPS) is 16.4. The minimum absolute atomic E-state index is 0.209. The number of nitrogens with zero attached hydrogens (tertiary/aromatic N) is 3. The number of likely N-dealkylation sites (tertiary alicyclic amines) is 1. The van der Waals surface area contributed by atoms with E-state index in [9.17, 15) is 4.79 Å². The van der Waals surface area contributed by atoms with Crippen LogP contribution in [0.2, 0.25) is 0 Å². The third-order valence-electron chi connectivity index (χ3n) is 2.95. The second-order valence-corrected chi connectivity index (χ2v) is 4.23. The van der Waals surface area contributed by atoms with Crippen molar-refractivity contribution in [2.24, 2.45) is 0 Å². The number of anilines is 1. The number of hydrogen-bond acceptors (Lipinski definition) is 5. The first-order valence-corrected chi connectivity index (χ1v) is 6.23. The standard InChI is InChI=1S/C12H18N4O2/c1-2-18-12(17)16-5-3-10(4-6-16)15-11-7-13-9-14-8-11/h7-10,15H,2-6H2,1H3. The summed E-state index contributed by atoms with van der Waals surface area (Å²) in [4.78, 5) is 21.2. The lowest BCUT2D eigenvalue weighted by Gasteiger charge is -2.31. The van der Waals surface area contributed by atoms with Crippen molar-refractivity contribution in [3.8, 4) is 0 Å². The first-order chi connectivity index (χ1) is 8.79. The predicted octanol–water partition coefficient (Wildman–Crippen LogP) is 1.51. The SMILES string of the molecule is CCOC(=O)N1CCC(Nc2cncnc2)CC1. The molecule has 0 aromatic carbocycles. The summed E-state index contributed by atoms with van der Waals surface area (Å²) in [5.41, 5.74) is 0.923. The minimum atomic E-state index is -0.209. The van der Waals surface area contributed by atoms with Crippen LogP contribution in [0.25, 0.3) is 0 Å². The highest BCUT2D eigenvalue weighted by atomic mass is 16.6. The molecular formula is C12H18N4O2. The summed E-state index contributed by atoms with van der Waals surface area (Å²) in [6.07, 6.45) is 6.63. The Balaban J connectivity index is 1.78. The second-order valence-electron chi connectivity index (χ2n) is 4.23.